The largest absolute Gasteiger partial charge is 0.493 e. The third-order valence-corrected chi connectivity index (χ3v) is 5.74. The minimum atomic E-state index is -1.13. The topological polar surface area (TPSA) is 65.0 Å². The zero-order valence-corrected chi connectivity index (χ0v) is 15.0. The van der Waals surface area contributed by atoms with Gasteiger partial charge in [0.05, 0.1) is 24.4 Å². The lowest BCUT2D eigenvalue weighted by molar-refractivity contribution is -0.198. The number of benzene rings is 1. The van der Waals surface area contributed by atoms with Crippen LogP contribution in [-0.2, 0) is 25.6 Å². The average Bonchev–Trinajstić information content (AvgIpc) is 3.12. The molecule has 2 aliphatic carbocycles. The fourth-order valence-corrected chi connectivity index (χ4v) is 4.30. The molecule has 1 saturated carbocycles. The molecule has 1 saturated heterocycles. The Morgan fingerprint density at radius 3 is 2.38 bits per heavy atom. The van der Waals surface area contributed by atoms with Gasteiger partial charge < -0.3 is 19.3 Å². The van der Waals surface area contributed by atoms with E-state index in [9.17, 15) is 9.90 Å². The first-order valence-corrected chi connectivity index (χ1v) is 9.54. The van der Waals surface area contributed by atoms with Crippen LogP contribution in [0.5, 0.6) is 0 Å². The second-order valence-corrected chi connectivity index (χ2v) is 7.49. The summed E-state index contributed by atoms with van der Waals surface area (Å²) >= 11 is 0. The molecule has 3 aliphatic rings. The summed E-state index contributed by atoms with van der Waals surface area (Å²) in [6.07, 6.45) is 4.10. The van der Waals surface area contributed by atoms with E-state index in [-0.39, 0.29) is 5.78 Å². The van der Waals surface area contributed by atoms with Crippen LogP contribution in [0.1, 0.15) is 50.5 Å². The van der Waals surface area contributed by atoms with E-state index >= 15 is 0 Å². The van der Waals surface area contributed by atoms with Gasteiger partial charge >= 0.3 is 0 Å². The van der Waals surface area contributed by atoms with Gasteiger partial charge in [-0.3, -0.25) is 4.79 Å². The summed E-state index contributed by atoms with van der Waals surface area (Å²) in [6, 6.07) is 9.90. The summed E-state index contributed by atoms with van der Waals surface area (Å²) < 4.78 is 17.5. The van der Waals surface area contributed by atoms with Crippen LogP contribution >= 0.6 is 0 Å². The molecule has 0 amide bonds. The second-order valence-electron chi connectivity index (χ2n) is 7.49. The van der Waals surface area contributed by atoms with Gasteiger partial charge in [-0.2, -0.15) is 0 Å². The van der Waals surface area contributed by atoms with E-state index in [2.05, 4.69) is 0 Å². The molecule has 0 aromatic heterocycles. The summed E-state index contributed by atoms with van der Waals surface area (Å²) in [5.41, 5.74) is 0.414. The van der Waals surface area contributed by atoms with Crippen molar-refractivity contribution in [1.29, 1.82) is 0 Å². The SMILES string of the molecule is O=C1CCCC(OCc2ccccc2)=C1C1(O)CCC2(CC1)OCCO2. The van der Waals surface area contributed by atoms with Crippen LogP contribution in [0.15, 0.2) is 41.7 Å². The van der Waals surface area contributed by atoms with E-state index in [1.165, 1.54) is 0 Å². The highest BCUT2D eigenvalue weighted by Gasteiger charge is 2.49. The van der Waals surface area contributed by atoms with Gasteiger partial charge in [0.25, 0.3) is 0 Å². The van der Waals surface area contributed by atoms with Crippen LogP contribution in [0.2, 0.25) is 0 Å². The second kappa shape index (κ2) is 7.14. The Balaban J connectivity index is 1.53. The number of Topliss-reactive ketones (excluding diaryl/α,β-unsaturated/α-hetero) is 1. The summed E-state index contributed by atoms with van der Waals surface area (Å²) in [5.74, 6) is 0.123. The van der Waals surface area contributed by atoms with Crippen molar-refractivity contribution in [2.75, 3.05) is 13.2 Å². The van der Waals surface area contributed by atoms with E-state index in [1.807, 2.05) is 30.3 Å². The lowest BCUT2D eigenvalue weighted by atomic mass is 9.73. The van der Waals surface area contributed by atoms with Crippen molar-refractivity contribution in [3.8, 4) is 0 Å². The van der Waals surface area contributed by atoms with E-state index in [1.54, 1.807) is 0 Å². The van der Waals surface area contributed by atoms with Crippen molar-refractivity contribution in [3.05, 3.63) is 47.2 Å². The number of rotatable bonds is 4. The fraction of sp³-hybridized carbons (Fsp3) is 0.571. The molecule has 2 fully saturated rings. The first-order chi connectivity index (χ1) is 12.6. The predicted molar refractivity (Wildman–Crippen MR) is 95.2 cm³/mol. The molecule has 1 spiro atoms. The maximum Gasteiger partial charge on any atom is 0.168 e. The van der Waals surface area contributed by atoms with E-state index in [4.69, 9.17) is 14.2 Å². The zero-order chi connectivity index (χ0) is 18.0. The van der Waals surface area contributed by atoms with Crippen LogP contribution in [0, 0.1) is 0 Å². The van der Waals surface area contributed by atoms with Crippen LogP contribution < -0.4 is 0 Å². The molecule has 26 heavy (non-hydrogen) atoms. The molecular formula is C21H26O5. The minimum absolute atomic E-state index is 0.0195. The first-order valence-electron chi connectivity index (χ1n) is 9.54. The fourth-order valence-electron chi connectivity index (χ4n) is 4.30. The van der Waals surface area contributed by atoms with Crippen LogP contribution in [0.4, 0.5) is 0 Å². The molecule has 0 atom stereocenters. The number of hydrogen-bond donors (Lipinski definition) is 1. The summed E-state index contributed by atoms with van der Waals surface area (Å²) in [7, 11) is 0. The highest BCUT2D eigenvalue weighted by Crippen LogP contribution is 2.45. The normalized spacial score (nSPS) is 24.9. The number of carbonyl (C=O) groups is 1. The van der Waals surface area contributed by atoms with E-state index in [0.717, 1.165) is 12.0 Å². The predicted octanol–water partition coefficient (Wildman–Crippen LogP) is 3.26. The van der Waals surface area contributed by atoms with Crippen LogP contribution in [0.25, 0.3) is 0 Å². The molecule has 4 rings (SSSR count). The van der Waals surface area contributed by atoms with E-state index in [0.29, 0.717) is 69.7 Å². The highest BCUT2D eigenvalue weighted by molar-refractivity contribution is 5.98. The molecule has 0 unspecified atom stereocenters. The maximum atomic E-state index is 12.7. The van der Waals surface area contributed by atoms with Crippen molar-refractivity contribution >= 4 is 5.78 Å². The Morgan fingerprint density at radius 2 is 1.69 bits per heavy atom. The lowest BCUT2D eigenvalue weighted by Gasteiger charge is -2.42. The standard InChI is InChI=1S/C21H26O5/c22-17-7-4-8-18(24-15-16-5-2-1-3-6-16)19(17)20(23)9-11-21(12-10-20)25-13-14-26-21/h1-3,5-6,23H,4,7-15H2. The molecule has 5 nitrogen and oxygen atoms in total. The van der Waals surface area contributed by atoms with Gasteiger partial charge in [-0.25, -0.2) is 0 Å². The number of ketones is 1. The number of aliphatic hydroxyl groups is 1. The third-order valence-electron chi connectivity index (χ3n) is 5.74. The summed E-state index contributed by atoms with van der Waals surface area (Å²) in [4.78, 5) is 12.7. The number of allylic oxidation sites excluding steroid dienone is 1. The van der Waals surface area contributed by atoms with Gasteiger partial charge in [0.2, 0.25) is 0 Å². The summed E-state index contributed by atoms with van der Waals surface area (Å²) in [5, 5.41) is 11.3. The highest BCUT2D eigenvalue weighted by atomic mass is 16.7. The van der Waals surface area contributed by atoms with Crippen molar-refractivity contribution in [1.82, 2.24) is 0 Å². The summed E-state index contributed by atoms with van der Waals surface area (Å²) in [6.45, 7) is 1.62. The molecular weight excluding hydrogens is 332 g/mol. The monoisotopic (exact) mass is 358 g/mol. The van der Waals surface area contributed by atoms with Crippen LogP contribution in [0.3, 0.4) is 0 Å². The Morgan fingerprint density at radius 1 is 1.00 bits per heavy atom. The lowest BCUT2D eigenvalue weighted by Crippen LogP contribution is -2.47. The van der Waals surface area contributed by atoms with E-state index < -0.39 is 11.4 Å². The molecule has 1 aliphatic heterocycles. The number of carbonyl (C=O) groups excluding carboxylic acids is 1. The Bertz CT molecular complexity index is 678. The number of ether oxygens (including phenoxy) is 3. The van der Waals surface area contributed by atoms with Crippen LogP contribution in [-0.4, -0.2) is 35.5 Å². The first kappa shape index (κ1) is 17.7. The Kier molecular flexibility index (Phi) is 4.86. The van der Waals surface area contributed by atoms with Gasteiger partial charge in [0, 0.05) is 25.7 Å². The van der Waals surface area contributed by atoms with Gasteiger partial charge in [-0.15, -0.1) is 0 Å². The van der Waals surface area contributed by atoms with Crippen molar-refractivity contribution < 1.29 is 24.1 Å². The van der Waals surface area contributed by atoms with Gasteiger partial charge in [-0.05, 0) is 24.8 Å². The molecule has 0 radical (unpaired) electrons. The van der Waals surface area contributed by atoms with Gasteiger partial charge in [0.1, 0.15) is 12.4 Å². The smallest absolute Gasteiger partial charge is 0.168 e. The van der Waals surface area contributed by atoms with Crippen molar-refractivity contribution in [2.24, 2.45) is 0 Å². The van der Waals surface area contributed by atoms with Crippen molar-refractivity contribution in [2.45, 2.75) is 62.9 Å². The number of hydrogen-bond acceptors (Lipinski definition) is 5. The molecule has 5 heteroatoms. The molecule has 1 aromatic carbocycles. The minimum Gasteiger partial charge on any atom is -0.493 e. The van der Waals surface area contributed by atoms with Gasteiger partial charge in [0.15, 0.2) is 11.6 Å². The molecule has 1 N–H and O–H groups in total. The zero-order valence-electron chi connectivity index (χ0n) is 15.0. The quantitative estimate of drug-likeness (QED) is 0.895. The Labute approximate surface area is 153 Å². The molecule has 1 aromatic rings. The molecule has 140 valence electrons. The third kappa shape index (κ3) is 3.43. The molecule has 1 heterocycles. The van der Waals surface area contributed by atoms with Crippen molar-refractivity contribution in [3.63, 3.8) is 0 Å². The molecule has 0 bridgehead atoms. The maximum absolute atomic E-state index is 12.7. The Hall–Kier alpha value is -1.69. The van der Waals surface area contributed by atoms with Gasteiger partial charge in [-0.1, -0.05) is 30.3 Å². The average molecular weight is 358 g/mol.